The number of ether oxygens (including phenoxy) is 1. The zero-order valence-corrected chi connectivity index (χ0v) is 21.3. The van der Waals surface area contributed by atoms with Gasteiger partial charge in [-0.15, -0.1) is 24.0 Å². The summed E-state index contributed by atoms with van der Waals surface area (Å²) < 4.78 is 6.04. The summed E-state index contributed by atoms with van der Waals surface area (Å²) in [5.41, 5.74) is 0. The van der Waals surface area contributed by atoms with Crippen molar-refractivity contribution in [2.24, 2.45) is 4.99 Å². The molecule has 1 saturated heterocycles. The van der Waals surface area contributed by atoms with Crippen LogP contribution in [0.15, 0.2) is 23.5 Å². The average molecular weight is 546 g/mol. The highest BCUT2D eigenvalue weighted by molar-refractivity contribution is 14.0. The van der Waals surface area contributed by atoms with Crippen LogP contribution >= 0.6 is 24.0 Å². The Hall–Kier alpha value is -1.20. The minimum Gasteiger partial charge on any atom is -0.376 e. The third kappa shape index (κ3) is 9.86. The molecule has 0 aromatic carbocycles. The van der Waals surface area contributed by atoms with E-state index in [-0.39, 0.29) is 24.0 Å². The smallest absolute Gasteiger partial charge is 0.225 e. The van der Waals surface area contributed by atoms with Gasteiger partial charge in [0.15, 0.2) is 5.96 Å². The zero-order chi connectivity index (χ0) is 20.9. The fourth-order valence-corrected chi connectivity index (χ4v) is 4.16. The van der Waals surface area contributed by atoms with Gasteiger partial charge in [0.2, 0.25) is 5.95 Å². The monoisotopic (exact) mass is 545 g/mol. The van der Waals surface area contributed by atoms with E-state index in [0.717, 1.165) is 70.7 Å². The van der Waals surface area contributed by atoms with Gasteiger partial charge in [0.1, 0.15) is 0 Å². The van der Waals surface area contributed by atoms with Crippen LogP contribution in [0.4, 0.5) is 5.95 Å². The largest absolute Gasteiger partial charge is 0.376 e. The van der Waals surface area contributed by atoms with Gasteiger partial charge < -0.3 is 20.3 Å². The average Bonchev–Trinajstić information content (AvgIpc) is 3.08. The quantitative estimate of drug-likeness (QED) is 0.162. The van der Waals surface area contributed by atoms with E-state index >= 15 is 0 Å². The Morgan fingerprint density at radius 2 is 1.71 bits per heavy atom. The van der Waals surface area contributed by atoms with Gasteiger partial charge in [0.25, 0.3) is 0 Å². The number of guanidine groups is 1. The van der Waals surface area contributed by atoms with Crippen LogP contribution in [-0.4, -0.2) is 86.4 Å². The highest BCUT2D eigenvalue weighted by atomic mass is 127. The predicted molar refractivity (Wildman–Crippen MR) is 138 cm³/mol. The van der Waals surface area contributed by atoms with Crippen LogP contribution in [0.25, 0.3) is 0 Å². The Balaban J connectivity index is 0.00000341. The Morgan fingerprint density at radius 1 is 1.03 bits per heavy atom. The van der Waals surface area contributed by atoms with Gasteiger partial charge >= 0.3 is 0 Å². The molecule has 2 heterocycles. The second-order valence-electron chi connectivity index (χ2n) is 8.14. The lowest BCUT2D eigenvalue weighted by Crippen LogP contribution is -2.47. The lowest BCUT2D eigenvalue weighted by molar-refractivity contribution is 0.0468. The number of anilines is 1. The van der Waals surface area contributed by atoms with Gasteiger partial charge in [-0.1, -0.05) is 25.7 Å². The highest BCUT2D eigenvalue weighted by Gasteiger charge is 2.18. The second kappa shape index (κ2) is 15.6. The lowest BCUT2D eigenvalue weighted by atomic mass is 10.1. The van der Waals surface area contributed by atoms with Crippen molar-refractivity contribution in [2.75, 3.05) is 64.4 Å². The van der Waals surface area contributed by atoms with E-state index in [0.29, 0.717) is 6.10 Å². The fraction of sp³-hybridized carbons (Fsp3) is 0.773. The van der Waals surface area contributed by atoms with E-state index in [2.05, 4.69) is 35.4 Å². The molecule has 9 heteroatoms. The van der Waals surface area contributed by atoms with E-state index in [9.17, 15) is 0 Å². The molecule has 1 aliphatic heterocycles. The molecule has 0 amide bonds. The first kappa shape index (κ1) is 26.1. The maximum absolute atomic E-state index is 6.04. The SMILES string of the molecule is CN=C(NCCCN1CCN(c2ncccn2)CC1)NCCOC1CCCCCC1.I. The van der Waals surface area contributed by atoms with Crippen LogP contribution < -0.4 is 15.5 Å². The van der Waals surface area contributed by atoms with Gasteiger partial charge in [-0.05, 0) is 31.9 Å². The fourth-order valence-electron chi connectivity index (χ4n) is 4.16. The molecule has 2 aliphatic rings. The molecule has 2 N–H and O–H groups in total. The molecule has 3 rings (SSSR count). The number of halogens is 1. The van der Waals surface area contributed by atoms with E-state index in [1.165, 1.54) is 38.5 Å². The minimum absolute atomic E-state index is 0. The predicted octanol–water partition coefficient (Wildman–Crippen LogP) is 2.51. The third-order valence-electron chi connectivity index (χ3n) is 5.92. The maximum Gasteiger partial charge on any atom is 0.225 e. The van der Waals surface area contributed by atoms with Gasteiger partial charge in [-0.3, -0.25) is 9.89 Å². The number of nitrogens with zero attached hydrogens (tertiary/aromatic N) is 5. The molecule has 8 nitrogen and oxygen atoms in total. The van der Waals surface area contributed by atoms with E-state index in [1.54, 1.807) is 0 Å². The minimum atomic E-state index is 0. The summed E-state index contributed by atoms with van der Waals surface area (Å²) >= 11 is 0. The molecule has 0 spiro atoms. The number of aromatic nitrogens is 2. The number of piperazine rings is 1. The van der Waals surface area contributed by atoms with Crippen LogP contribution in [0.2, 0.25) is 0 Å². The number of hydrogen-bond acceptors (Lipinski definition) is 6. The zero-order valence-electron chi connectivity index (χ0n) is 19.0. The molecule has 1 aromatic rings. The molecule has 2 fully saturated rings. The van der Waals surface area contributed by atoms with Crippen molar-refractivity contribution in [3.8, 4) is 0 Å². The summed E-state index contributed by atoms with van der Waals surface area (Å²) in [6.07, 6.45) is 13.0. The van der Waals surface area contributed by atoms with Gasteiger partial charge in [-0.2, -0.15) is 0 Å². The molecule has 0 atom stereocenters. The Kier molecular flexibility index (Phi) is 13.1. The van der Waals surface area contributed by atoms with Gasteiger partial charge in [-0.25, -0.2) is 9.97 Å². The second-order valence-corrected chi connectivity index (χ2v) is 8.14. The normalized spacial score (nSPS) is 18.9. The van der Waals surface area contributed by atoms with E-state index < -0.39 is 0 Å². The molecule has 1 saturated carbocycles. The van der Waals surface area contributed by atoms with Gasteiger partial charge in [0, 0.05) is 58.7 Å². The summed E-state index contributed by atoms with van der Waals surface area (Å²) in [7, 11) is 1.83. The van der Waals surface area contributed by atoms with Crippen molar-refractivity contribution in [3.63, 3.8) is 0 Å². The summed E-state index contributed by atoms with van der Waals surface area (Å²) in [4.78, 5) is 17.8. The van der Waals surface area contributed by atoms with Crippen molar-refractivity contribution >= 4 is 35.9 Å². The molecule has 1 aromatic heterocycles. The van der Waals surface area contributed by atoms with Crippen LogP contribution in [0.3, 0.4) is 0 Å². The van der Waals surface area contributed by atoms with Crippen molar-refractivity contribution in [1.82, 2.24) is 25.5 Å². The van der Waals surface area contributed by atoms with Crippen LogP contribution in [0.5, 0.6) is 0 Å². The molecular weight excluding hydrogens is 505 g/mol. The van der Waals surface area contributed by atoms with Crippen molar-refractivity contribution < 1.29 is 4.74 Å². The Labute approximate surface area is 204 Å². The van der Waals surface area contributed by atoms with E-state index in [4.69, 9.17) is 4.74 Å². The van der Waals surface area contributed by atoms with Crippen LogP contribution in [0.1, 0.15) is 44.9 Å². The number of rotatable bonds is 9. The molecule has 0 bridgehead atoms. The molecule has 1 aliphatic carbocycles. The first-order valence-corrected chi connectivity index (χ1v) is 11.7. The number of aliphatic imine (C=N–C) groups is 1. The first-order valence-electron chi connectivity index (χ1n) is 11.7. The summed E-state index contributed by atoms with van der Waals surface area (Å²) in [6, 6.07) is 1.86. The third-order valence-corrected chi connectivity index (χ3v) is 5.92. The highest BCUT2D eigenvalue weighted by Crippen LogP contribution is 2.19. The summed E-state index contributed by atoms with van der Waals surface area (Å²) in [6.45, 7) is 7.67. The standard InChI is InChI=1S/C22H39N7O.HI/c1-23-21(25-13-19-30-20-8-4-2-3-5-9-20)24-12-7-14-28-15-17-29(18-16-28)22-26-10-6-11-27-22;/h6,10-11,20H,2-5,7-9,12-19H2,1H3,(H2,23,24,25);1H. The topological polar surface area (TPSA) is 77.9 Å². The Morgan fingerprint density at radius 3 is 2.39 bits per heavy atom. The molecule has 0 unspecified atom stereocenters. The van der Waals surface area contributed by atoms with Gasteiger partial charge in [0.05, 0.1) is 12.7 Å². The summed E-state index contributed by atoms with van der Waals surface area (Å²) in [5.74, 6) is 1.71. The maximum atomic E-state index is 6.04. The summed E-state index contributed by atoms with van der Waals surface area (Å²) in [5, 5.41) is 6.79. The van der Waals surface area contributed by atoms with Crippen molar-refractivity contribution in [1.29, 1.82) is 0 Å². The first-order chi connectivity index (χ1) is 14.8. The van der Waals surface area contributed by atoms with E-state index in [1.807, 2.05) is 25.5 Å². The van der Waals surface area contributed by atoms with Crippen molar-refractivity contribution in [2.45, 2.75) is 51.0 Å². The molecule has 0 radical (unpaired) electrons. The molecule has 176 valence electrons. The number of nitrogens with one attached hydrogen (secondary N) is 2. The number of hydrogen-bond donors (Lipinski definition) is 2. The molecule has 31 heavy (non-hydrogen) atoms. The van der Waals surface area contributed by atoms with Crippen LogP contribution in [0, 0.1) is 0 Å². The van der Waals surface area contributed by atoms with Crippen LogP contribution in [-0.2, 0) is 4.74 Å². The lowest BCUT2D eigenvalue weighted by Gasteiger charge is -2.34. The molecular formula is C22H40IN7O. The Bertz CT molecular complexity index is 603. The van der Waals surface area contributed by atoms with Crippen molar-refractivity contribution in [3.05, 3.63) is 18.5 Å².